The van der Waals surface area contributed by atoms with Gasteiger partial charge >= 0.3 is 13.8 Å². The minimum Gasteiger partial charge on any atom is -0.463 e. The molecule has 1 unspecified atom stereocenters. The van der Waals surface area contributed by atoms with Crippen LogP contribution in [-0.2, 0) is 23.1 Å². The first kappa shape index (κ1) is 25.9. The van der Waals surface area contributed by atoms with E-state index in [0.29, 0.717) is 12.8 Å². The van der Waals surface area contributed by atoms with Gasteiger partial charge in [-0.2, -0.15) is 0 Å². The van der Waals surface area contributed by atoms with Crippen LogP contribution in [0.15, 0.2) is 24.3 Å². The maximum absolute atomic E-state index is 11.6. The molecule has 0 saturated heterocycles. The number of aliphatic hydroxyl groups is 4. The molecule has 10 nitrogen and oxygen atoms in total. The lowest BCUT2D eigenvalue weighted by atomic mass is 10.0. The lowest BCUT2D eigenvalue weighted by molar-refractivity contribution is -0.170. The molecule has 0 saturated carbocycles. The Morgan fingerprint density at radius 3 is 2.00 bits per heavy atom. The van der Waals surface area contributed by atoms with Crippen molar-refractivity contribution in [1.29, 1.82) is 0 Å². The molecule has 0 aromatic heterocycles. The Bertz CT molecular complexity index is 549. The standard InChI is InChI=1S/C16H29O10P/c1-10(2)5-7-24-16(21)15(20)14(19)13(18)12(17)9-26-27(22,23)25-8-6-11(3)4/h12-15,17-20H,1,3,5-9H2,2,4H3,(H,22,23)/t12-,13-,14+,15-/m1/s1. The Balaban J connectivity index is 4.45. The Morgan fingerprint density at radius 2 is 1.48 bits per heavy atom. The first-order valence-corrected chi connectivity index (χ1v) is 9.66. The quantitative estimate of drug-likeness (QED) is 0.149. The van der Waals surface area contributed by atoms with Gasteiger partial charge in [0.05, 0.1) is 19.8 Å². The fourth-order valence-electron chi connectivity index (χ4n) is 1.61. The van der Waals surface area contributed by atoms with E-state index >= 15 is 0 Å². The number of phosphoric acid groups is 1. The third-order valence-corrected chi connectivity index (χ3v) is 4.26. The Hall–Kier alpha value is -1.10. The molecule has 0 aliphatic heterocycles. The van der Waals surface area contributed by atoms with Crippen LogP contribution >= 0.6 is 7.82 Å². The van der Waals surface area contributed by atoms with Crippen LogP contribution in [0.3, 0.4) is 0 Å². The lowest BCUT2D eigenvalue weighted by Crippen LogP contribution is -2.49. The summed E-state index contributed by atoms with van der Waals surface area (Å²) in [6.07, 6.45) is -7.51. The maximum atomic E-state index is 11.6. The molecule has 0 spiro atoms. The summed E-state index contributed by atoms with van der Waals surface area (Å²) in [4.78, 5) is 21.0. The average Bonchev–Trinajstić information content (AvgIpc) is 2.56. The van der Waals surface area contributed by atoms with Crippen molar-refractivity contribution in [2.75, 3.05) is 19.8 Å². The van der Waals surface area contributed by atoms with Gasteiger partial charge in [0.1, 0.15) is 18.3 Å². The summed E-state index contributed by atoms with van der Waals surface area (Å²) in [6, 6.07) is 0. The third-order valence-electron chi connectivity index (χ3n) is 3.27. The van der Waals surface area contributed by atoms with Gasteiger partial charge in [-0.3, -0.25) is 9.05 Å². The normalized spacial score (nSPS) is 18.0. The van der Waals surface area contributed by atoms with Crippen LogP contribution in [0.25, 0.3) is 0 Å². The monoisotopic (exact) mass is 412 g/mol. The molecule has 0 radical (unpaired) electrons. The summed E-state index contributed by atoms with van der Waals surface area (Å²) in [5.74, 6) is -1.20. The van der Waals surface area contributed by atoms with E-state index in [4.69, 9.17) is 4.74 Å². The van der Waals surface area contributed by atoms with Crippen molar-refractivity contribution >= 4 is 13.8 Å². The van der Waals surface area contributed by atoms with E-state index in [9.17, 15) is 34.7 Å². The van der Waals surface area contributed by atoms with Gasteiger partial charge < -0.3 is 30.1 Å². The van der Waals surface area contributed by atoms with Gasteiger partial charge in [0.25, 0.3) is 0 Å². The van der Waals surface area contributed by atoms with Gasteiger partial charge in [-0.1, -0.05) is 11.1 Å². The van der Waals surface area contributed by atoms with Crippen molar-refractivity contribution in [2.45, 2.75) is 51.1 Å². The summed E-state index contributed by atoms with van der Waals surface area (Å²) in [5.41, 5.74) is 1.46. The molecular formula is C16H29O10P. The summed E-state index contributed by atoms with van der Waals surface area (Å²) in [7, 11) is -4.50. The fraction of sp³-hybridized carbons (Fsp3) is 0.688. The van der Waals surface area contributed by atoms with E-state index in [1.165, 1.54) is 0 Å². The van der Waals surface area contributed by atoms with Crippen LogP contribution in [0, 0.1) is 0 Å². The number of hydrogen-bond acceptors (Lipinski definition) is 9. The highest BCUT2D eigenvalue weighted by atomic mass is 31.2. The minimum atomic E-state index is -4.50. The van der Waals surface area contributed by atoms with Gasteiger partial charge in [0.15, 0.2) is 6.10 Å². The number of aliphatic hydroxyl groups excluding tert-OH is 4. The molecule has 0 bridgehead atoms. The lowest BCUT2D eigenvalue weighted by Gasteiger charge is -2.25. The van der Waals surface area contributed by atoms with Gasteiger partial charge in [-0.05, 0) is 20.3 Å². The van der Waals surface area contributed by atoms with Crippen LogP contribution in [0.2, 0.25) is 0 Å². The number of phosphoric ester groups is 1. The van der Waals surface area contributed by atoms with Gasteiger partial charge in [-0.25, -0.2) is 9.36 Å². The van der Waals surface area contributed by atoms with Gasteiger partial charge in [0, 0.05) is 6.42 Å². The Kier molecular flexibility index (Phi) is 11.9. The smallest absolute Gasteiger partial charge is 0.463 e. The first-order valence-electron chi connectivity index (χ1n) is 8.17. The van der Waals surface area contributed by atoms with Gasteiger partial charge in [0.2, 0.25) is 0 Å². The van der Waals surface area contributed by atoms with Gasteiger partial charge in [-0.15, -0.1) is 13.2 Å². The summed E-state index contributed by atoms with van der Waals surface area (Å²) >= 11 is 0. The third kappa shape index (κ3) is 11.4. The second-order valence-corrected chi connectivity index (χ2v) is 7.63. The van der Waals surface area contributed by atoms with Crippen molar-refractivity contribution in [1.82, 2.24) is 0 Å². The molecule has 0 fully saturated rings. The SMILES string of the molecule is C=C(C)CCOC(=O)[C@H](O)[C@@H](O)[C@H](O)[C@H](O)COP(=O)(O)OCCC(=C)C. The minimum absolute atomic E-state index is 0.0745. The first-order chi connectivity index (χ1) is 12.4. The van der Waals surface area contributed by atoms with Crippen molar-refractivity contribution in [3.8, 4) is 0 Å². The summed E-state index contributed by atoms with van der Waals surface area (Å²) in [6.45, 7) is 9.49. The highest BCUT2D eigenvalue weighted by Crippen LogP contribution is 2.43. The number of rotatable bonds is 14. The molecule has 0 heterocycles. The molecule has 0 rings (SSSR count). The van der Waals surface area contributed by atoms with Crippen LogP contribution in [0.4, 0.5) is 0 Å². The van der Waals surface area contributed by atoms with Crippen molar-refractivity contribution in [3.63, 3.8) is 0 Å². The van der Waals surface area contributed by atoms with E-state index in [1.807, 2.05) is 0 Å². The zero-order valence-corrected chi connectivity index (χ0v) is 16.4. The predicted molar refractivity (Wildman–Crippen MR) is 95.6 cm³/mol. The van der Waals surface area contributed by atoms with E-state index in [-0.39, 0.29) is 13.2 Å². The number of hydrogen-bond donors (Lipinski definition) is 5. The predicted octanol–water partition coefficient (Wildman–Crippen LogP) is 0.0392. The molecular weight excluding hydrogens is 383 g/mol. The van der Waals surface area contributed by atoms with Crippen molar-refractivity contribution in [3.05, 3.63) is 24.3 Å². The van der Waals surface area contributed by atoms with E-state index in [2.05, 4.69) is 22.2 Å². The Labute approximate surface area is 158 Å². The zero-order valence-electron chi connectivity index (χ0n) is 15.5. The molecule has 0 amide bonds. The van der Waals surface area contributed by atoms with Crippen molar-refractivity contribution in [2.24, 2.45) is 0 Å². The molecule has 11 heteroatoms. The molecule has 5 atom stereocenters. The summed E-state index contributed by atoms with van der Waals surface area (Å²) in [5, 5.41) is 38.9. The van der Waals surface area contributed by atoms with Crippen LogP contribution in [-0.4, -0.2) is 75.5 Å². The van der Waals surface area contributed by atoms with Crippen LogP contribution in [0.1, 0.15) is 26.7 Å². The number of esters is 1. The highest BCUT2D eigenvalue weighted by Gasteiger charge is 2.36. The fourth-order valence-corrected chi connectivity index (χ4v) is 2.34. The largest absolute Gasteiger partial charge is 0.472 e. The highest BCUT2D eigenvalue weighted by molar-refractivity contribution is 7.47. The molecule has 158 valence electrons. The molecule has 0 aromatic rings. The van der Waals surface area contributed by atoms with Crippen LogP contribution in [0.5, 0.6) is 0 Å². The number of ether oxygens (including phenoxy) is 1. The molecule has 5 N–H and O–H groups in total. The molecule has 0 aliphatic carbocycles. The number of carbonyl (C=O) groups is 1. The second-order valence-electron chi connectivity index (χ2n) is 6.17. The Morgan fingerprint density at radius 1 is 0.963 bits per heavy atom. The maximum Gasteiger partial charge on any atom is 0.472 e. The summed E-state index contributed by atoms with van der Waals surface area (Å²) < 4.78 is 25.4. The molecule has 27 heavy (non-hydrogen) atoms. The van der Waals surface area contributed by atoms with Crippen molar-refractivity contribution < 1.29 is 48.5 Å². The van der Waals surface area contributed by atoms with E-state index < -0.39 is 44.8 Å². The zero-order chi connectivity index (χ0) is 21.2. The second kappa shape index (κ2) is 12.4. The molecule has 0 aliphatic rings. The molecule has 0 aromatic carbocycles. The van der Waals surface area contributed by atoms with E-state index in [1.54, 1.807) is 13.8 Å². The topological polar surface area (TPSA) is 163 Å². The number of carbonyl (C=O) groups excluding carboxylic acids is 1. The average molecular weight is 412 g/mol. The van der Waals surface area contributed by atoms with Crippen LogP contribution < -0.4 is 0 Å². The van der Waals surface area contributed by atoms with E-state index in [0.717, 1.165) is 11.1 Å².